The molecule has 2 aliphatic rings. The van der Waals surface area contributed by atoms with Crippen molar-refractivity contribution in [3.63, 3.8) is 0 Å². The molecule has 0 radical (unpaired) electrons. The van der Waals surface area contributed by atoms with Crippen LogP contribution in [0.3, 0.4) is 0 Å². The van der Waals surface area contributed by atoms with E-state index in [9.17, 15) is 4.79 Å². The van der Waals surface area contributed by atoms with Gasteiger partial charge in [0.15, 0.2) is 0 Å². The zero-order valence-corrected chi connectivity index (χ0v) is 15.0. The van der Waals surface area contributed by atoms with Crippen molar-refractivity contribution >= 4 is 6.16 Å². The first kappa shape index (κ1) is 17.6. The molecule has 0 heterocycles. The highest BCUT2D eigenvalue weighted by Crippen LogP contribution is 2.43. The van der Waals surface area contributed by atoms with Crippen molar-refractivity contribution in [2.45, 2.75) is 50.5 Å². The van der Waals surface area contributed by atoms with Crippen LogP contribution in [-0.2, 0) is 15.1 Å². The van der Waals surface area contributed by atoms with Gasteiger partial charge in [0.2, 0.25) is 0 Å². The van der Waals surface area contributed by atoms with Crippen LogP contribution in [0.5, 0.6) is 5.75 Å². The summed E-state index contributed by atoms with van der Waals surface area (Å²) in [5.41, 5.74) is 3.20. The van der Waals surface area contributed by atoms with Crippen molar-refractivity contribution in [3.05, 3.63) is 53.1 Å². The molecule has 0 fully saturated rings. The summed E-state index contributed by atoms with van der Waals surface area (Å²) < 4.78 is 15.8. The molecule has 134 valence electrons. The summed E-state index contributed by atoms with van der Waals surface area (Å²) in [7, 11) is 2.99. The van der Waals surface area contributed by atoms with Gasteiger partial charge < -0.3 is 14.2 Å². The molecule has 0 N–H and O–H groups in total. The summed E-state index contributed by atoms with van der Waals surface area (Å²) in [6.45, 7) is 0. The second-order valence-electron chi connectivity index (χ2n) is 6.69. The Morgan fingerprint density at radius 1 is 1.00 bits per heavy atom. The number of benzene rings is 1. The van der Waals surface area contributed by atoms with Crippen LogP contribution < -0.4 is 4.74 Å². The maximum Gasteiger partial charge on any atom is 0.508 e. The van der Waals surface area contributed by atoms with Crippen LogP contribution in [0.2, 0.25) is 0 Å². The number of hydrogen-bond acceptors (Lipinski definition) is 4. The Labute approximate surface area is 149 Å². The molecule has 1 unspecified atom stereocenters. The molecule has 4 heteroatoms. The second kappa shape index (κ2) is 7.77. The molecule has 1 atom stereocenters. The van der Waals surface area contributed by atoms with Crippen LogP contribution in [0.4, 0.5) is 4.79 Å². The molecule has 0 aromatic heterocycles. The molecule has 3 rings (SSSR count). The standard InChI is InChI=1S/C21H26O4/c1-23-19-10-8-18(9-11-19)21(25-20(22)24-2)14-12-17(13-15-21)16-6-4-3-5-7-16/h6,8-12H,3-5,7,13-15H2,1-2H3. The van der Waals surface area contributed by atoms with Gasteiger partial charge in [0.05, 0.1) is 14.2 Å². The van der Waals surface area contributed by atoms with Crippen molar-refractivity contribution in [2.24, 2.45) is 0 Å². The largest absolute Gasteiger partial charge is 0.508 e. The summed E-state index contributed by atoms with van der Waals surface area (Å²) in [5.74, 6) is 0.788. The maximum absolute atomic E-state index is 11.9. The van der Waals surface area contributed by atoms with Gasteiger partial charge in [-0.2, -0.15) is 0 Å². The highest BCUT2D eigenvalue weighted by molar-refractivity contribution is 5.61. The fourth-order valence-corrected chi connectivity index (χ4v) is 3.76. The highest BCUT2D eigenvalue weighted by Gasteiger charge is 2.38. The van der Waals surface area contributed by atoms with Crippen LogP contribution >= 0.6 is 0 Å². The summed E-state index contributed by atoms with van der Waals surface area (Å²) in [5, 5.41) is 0. The predicted molar refractivity (Wildman–Crippen MR) is 96.6 cm³/mol. The smallest absolute Gasteiger partial charge is 0.497 e. The average molecular weight is 342 g/mol. The summed E-state index contributed by atoms with van der Waals surface area (Å²) in [6, 6.07) is 7.75. The van der Waals surface area contributed by atoms with Crippen molar-refractivity contribution < 1.29 is 19.0 Å². The van der Waals surface area contributed by atoms with E-state index < -0.39 is 11.8 Å². The van der Waals surface area contributed by atoms with E-state index in [1.165, 1.54) is 43.9 Å². The van der Waals surface area contributed by atoms with Gasteiger partial charge in [0.1, 0.15) is 11.4 Å². The van der Waals surface area contributed by atoms with Gasteiger partial charge in [0.25, 0.3) is 0 Å². The van der Waals surface area contributed by atoms with E-state index in [1.807, 2.05) is 24.3 Å². The van der Waals surface area contributed by atoms with Gasteiger partial charge in [-0.05, 0) is 67.4 Å². The van der Waals surface area contributed by atoms with Crippen molar-refractivity contribution in [3.8, 4) is 5.75 Å². The van der Waals surface area contributed by atoms with Crippen LogP contribution in [0.25, 0.3) is 0 Å². The van der Waals surface area contributed by atoms with Gasteiger partial charge in [-0.25, -0.2) is 4.79 Å². The molecule has 1 aromatic carbocycles. The first-order chi connectivity index (χ1) is 12.2. The van der Waals surface area contributed by atoms with Crippen LogP contribution in [-0.4, -0.2) is 20.4 Å². The molecular weight excluding hydrogens is 316 g/mol. The van der Waals surface area contributed by atoms with Crippen molar-refractivity contribution in [1.29, 1.82) is 0 Å². The zero-order valence-electron chi connectivity index (χ0n) is 15.0. The number of methoxy groups -OCH3 is 2. The molecule has 0 spiro atoms. The monoisotopic (exact) mass is 342 g/mol. The molecule has 0 saturated heterocycles. The molecule has 0 amide bonds. The molecule has 0 saturated carbocycles. The maximum atomic E-state index is 11.9. The number of rotatable bonds is 4. The zero-order chi connectivity index (χ0) is 17.7. The number of carbonyl (C=O) groups excluding carboxylic acids is 1. The van der Waals surface area contributed by atoms with Crippen LogP contribution in [0.1, 0.15) is 50.5 Å². The summed E-state index contributed by atoms with van der Waals surface area (Å²) in [6.07, 6.45) is 11.2. The fourth-order valence-electron chi connectivity index (χ4n) is 3.76. The van der Waals surface area contributed by atoms with E-state index in [0.29, 0.717) is 6.42 Å². The van der Waals surface area contributed by atoms with Gasteiger partial charge >= 0.3 is 6.16 Å². The van der Waals surface area contributed by atoms with E-state index >= 15 is 0 Å². The third kappa shape index (κ3) is 3.89. The van der Waals surface area contributed by atoms with Crippen molar-refractivity contribution in [2.75, 3.05) is 14.2 Å². The minimum atomic E-state index is -0.669. The van der Waals surface area contributed by atoms with Crippen LogP contribution in [0.15, 0.2) is 47.6 Å². The summed E-state index contributed by atoms with van der Waals surface area (Å²) in [4.78, 5) is 11.9. The molecule has 0 aliphatic heterocycles. The number of allylic oxidation sites excluding steroid dienone is 3. The van der Waals surface area contributed by atoms with Gasteiger partial charge in [-0.1, -0.05) is 24.3 Å². The Bertz CT molecular complexity index is 672. The molecular formula is C21H26O4. The van der Waals surface area contributed by atoms with Crippen molar-refractivity contribution in [1.82, 2.24) is 0 Å². The number of ether oxygens (including phenoxy) is 3. The van der Waals surface area contributed by atoms with E-state index in [0.717, 1.165) is 24.2 Å². The topological polar surface area (TPSA) is 44.8 Å². The van der Waals surface area contributed by atoms with Gasteiger partial charge in [-0.3, -0.25) is 0 Å². The molecule has 4 nitrogen and oxygen atoms in total. The summed E-state index contributed by atoms with van der Waals surface area (Å²) >= 11 is 0. The molecule has 25 heavy (non-hydrogen) atoms. The number of carbonyl (C=O) groups is 1. The first-order valence-corrected chi connectivity index (χ1v) is 8.97. The Morgan fingerprint density at radius 3 is 2.32 bits per heavy atom. The van der Waals surface area contributed by atoms with Crippen LogP contribution in [0, 0.1) is 0 Å². The second-order valence-corrected chi connectivity index (χ2v) is 6.69. The third-order valence-electron chi connectivity index (χ3n) is 5.24. The normalized spacial score (nSPS) is 23.3. The molecule has 1 aromatic rings. The Hall–Kier alpha value is -2.23. The Kier molecular flexibility index (Phi) is 5.47. The molecule has 2 aliphatic carbocycles. The quantitative estimate of drug-likeness (QED) is 0.698. The fraction of sp³-hybridized carbons (Fsp3) is 0.476. The first-order valence-electron chi connectivity index (χ1n) is 8.97. The van der Waals surface area contributed by atoms with Gasteiger partial charge in [0, 0.05) is 6.42 Å². The lowest BCUT2D eigenvalue weighted by Crippen LogP contribution is -2.34. The lowest BCUT2D eigenvalue weighted by atomic mass is 9.77. The SMILES string of the molecule is COC(=O)OC1(c2ccc(OC)cc2)CC=C(C2=CCCCC2)CC1. The minimum absolute atomic E-state index is 0.635. The van der Waals surface area contributed by atoms with E-state index in [-0.39, 0.29) is 0 Å². The van der Waals surface area contributed by atoms with Gasteiger partial charge in [-0.15, -0.1) is 0 Å². The van der Waals surface area contributed by atoms with E-state index in [4.69, 9.17) is 14.2 Å². The lowest BCUT2D eigenvalue weighted by Gasteiger charge is -2.36. The third-order valence-corrected chi connectivity index (χ3v) is 5.24. The highest BCUT2D eigenvalue weighted by atomic mass is 16.7. The van der Waals surface area contributed by atoms with E-state index in [2.05, 4.69) is 12.2 Å². The Balaban J connectivity index is 1.86. The predicted octanol–water partition coefficient (Wildman–Crippen LogP) is 5.28. The number of hydrogen-bond donors (Lipinski definition) is 0. The minimum Gasteiger partial charge on any atom is -0.497 e. The van der Waals surface area contributed by atoms with E-state index in [1.54, 1.807) is 7.11 Å². The average Bonchev–Trinajstić information content (AvgIpc) is 2.69. The lowest BCUT2D eigenvalue weighted by molar-refractivity contribution is -0.0377. The molecule has 0 bridgehead atoms. The Morgan fingerprint density at radius 2 is 1.76 bits per heavy atom.